The molecule has 3 aliphatic carbocycles. The molecular formula is C26H32F4O. The van der Waals surface area contributed by atoms with Crippen LogP contribution >= 0.6 is 0 Å². The number of ether oxygens (including phenoxy) is 1. The zero-order valence-corrected chi connectivity index (χ0v) is 18.2. The summed E-state index contributed by atoms with van der Waals surface area (Å²) in [6.45, 7) is 1.55. The van der Waals surface area contributed by atoms with Crippen molar-refractivity contribution < 1.29 is 22.3 Å². The normalized spacial score (nSPS) is 30.1. The molecule has 0 heterocycles. The average molecular weight is 437 g/mol. The summed E-state index contributed by atoms with van der Waals surface area (Å²) in [5.41, 5.74) is 1.72. The fourth-order valence-electron chi connectivity index (χ4n) is 5.44. The molecule has 0 radical (unpaired) electrons. The highest BCUT2D eigenvalue weighted by molar-refractivity contribution is 5.35. The molecule has 0 amide bonds. The molecule has 2 unspecified atom stereocenters. The molecule has 0 aromatic heterocycles. The number of halogens is 4. The van der Waals surface area contributed by atoms with E-state index in [0.717, 1.165) is 38.5 Å². The predicted molar refractivity (Wildman–Crippen MR) is 114 cm³/mol. The van der Waals surface area contributed by atoms with Gasteiger partial charge in [0.1, 0.15) is 0 Å². The van der Waals surface area contributed by atoms with Crippen molar-refractivity contribution in [3.8, 4) is 0 Å². The van der Waals surface area contributed by atoms with Gasteiger partial charge in [0.25, 0.3) is 0 Å². The Hall–Kier alpha value is -1.62. The smallest absolute Gasteiger partial charge is 0.164 e. The maximum absolute atomic E-state index is 15.0. The molecular weight excluding hydrogens is 404 g/mol. The van der Waals surface area contributed by atoms with E-state index < -0.39 is 24.0 Å². The second kappa shape index (κ2) is 9.89. The van der Waals surface area contributed by atoms with Gasteiger partial charge in [-0.25, -0.2) is 17.6 Å². The Bertz CT molecular complexity index is 832. The summed E-state index contributed by atoms with van der Waals surface area (Å²) in [6.07, 6.45) is 8.75. The van der Waals surface area contributed by atoms with E-state index in [1.54, 1.807) is 12.1 Å². The van der Waals surface area contributed by atoms with E-state index in [2.05, 4.69) is 0 Å². The Morgan fingerprint density at radius 3 is 1.97 bits per heavy atom. The number of hydrogen-bond donors (Lipinski definition) is 0. The van der Waals surface area contributed by atoms with E-state index in [9.17, 15) is 13.2 Å². The second-order valence-corrected chi connectivity index (χ2v) is 9.43. The lowest BCUT2D eigenvalue weighted by molar-refractivity contribution is 0.00715. The van der Waals surface area contributed by atoms with Gasteiger partial charge in [-0.05, 0) is 74.0 Å². The lowest BCUT2D eigenvalue weighted by atomic mass is 9.74. The van der Waals surface area contributed by atoms with E-state index in [1.165, 1.54) is 13.3 Å². The zero-order valence-electron chi connectivity index (χ0n) is 18.2. The Morgan fingerprint density at radius 2 is 1.35 bits per heavy atom. The molecule has 2 atom stereocenters. The third-order valence-electron chi connectivity index (χ3n) is 7.41. The van der Waals surface area contributed by atoms with Crippen molar-refractivity contribution in [2.75, 3.05) is 0 Å². The molecule has 31 heavy (non-hydrogen) atoms. The highest BCUT2D eigenvalue weighted by Gasteiger charge is 2.38. The second-order valence-electron chi connectivity index (χ2n) is 9.43. The molecule has 3 aliphatic rings. The summed E-state index contributed by atoms with van der Waals surface area (Å²) in [7, 11) is 0. The van der Waals surface area contributed by atoms with Crippen molar-refractivity contribution >= 4 is 0 Å². The summed E-state index contributed by atoms with van der Waals surface area (Å²) in [5, 5.41) is 0. The van der Waals surface area contributed by atoms with Crippen molar-refractivity contribution in [2.24, 2.45) is 11.8 Å². The van der Waals surface area contributed by atoms with Crippen LogP contribution in [0.5, 0.6) is 0 Å². The van der Waals surface area contributed by atoms with Crippen LogP contribution in [0, 0.1) is 30.4 Å². The minimum Gasteiger partial charge on any atom is -0.373 e. The van der Waals surface area contributed by atoms with Gasteiger partial charge in [-0.3, -0.25) is 0 Å². The molecule has 0 saturated heterocycles. The van der Waals surface area contributed by atoms with Crippen LogP contribution in [0.1, 0.15) is 68.9 Å². The minimum absolute atomic E-state index is 0.0193. The summed E-state index contributed by atoms with van der Waals surface area (Å²) in [5.74, 6) is -1.47. The number of aryl methyl sites for hydroxylation is 1. The van der Waals surface area contributed by atoms with Gasteiger partial charge in [0, 0.05) is 5.56 Å². The maximum atomic E-state index is 15.0. The van der Waals surface area contributed by atoms with Gasteiger partial charge >= 0.3 is 0 Å². The third-order valence-corrected chi connectivity index (χ3v) is 7.41. The molecule has 170 valence electrons. The van der Waals surface area contributed by atoms with E-state index in [0.29, 0.717) is 24.0 Å². The van der Waals surface area contributed by atoms with Gasteiger partial charge in [-0.2, -0.15) is 0 Å². The first-order valence-corrected chi connectivity index (χ1v) is 11.7. The van der Waals surface area contributed by atoms with Crippen LogP contribution in [-0.4, -0.2) is 18.4 Å². The number of alkyl halides is 2. The Labute approximate surface area is 182 Å². The molecule has 0 N–H and O–H groups in total. The van der Waals surface area contributed by atoms with Crippen LogP contribution in [0.3, 0.4) is 0 Å². The topological polar surface area (TPSA) is 9.23 Å². The molecule has 1 nitrogen and oxygen atoms in total. The van der Waals surface area contributed by atoms with Crippen LogP contribution in [0.25, 0.3) is 0 Å². The van der Waals surface area contributed by atoms with Gasteiger partial charge in [0.2, 0.25) is 0 Å². The van der Waals surface area contributed by atoms with E-state index in [4.69, 9.17) is 4.74 Å². The maximum Gasteiger partial charge on any atom is 0.164 e. The standard InChI is InChI=1S/C26H32F4O/c1-16-7-8-19(24(28)23(16)27)15-31-20-11-9-18(10-12-20)22-14-13-21(25(29)26(22)30)17-5-3-2-4-6-17/h7-8,13-14,17-18,20,25-26H,2-6,9-12,15H2,1H3. The van der Waals surface area contributed by atoms with Gasteiger partial charge < -0.3 is 4.74 Å². The Morgan fingerprint density at radius 1 is 0.774 bits per heavy atom. The van der Waals surface area contributed by atoms with E-state index in [1.807, 2.05) is 12.2 Å². The van der Waals surface area contributed by atoms with E-state index in [-0.39, 0.29) is 35.7 Å². The fraction of sp³-hybridized carbons (Fsp3) is 0.615. The lowest BCUT2D eigenvalue weighted by Crippen LogP contribution is -2.33. The molecule has 5 heteroatoms. The molecule has 2 fully saturated rings. The number of benzene rings is 1. The molecule has 1 aromatic carbocycles. The monoisotopic (exact) mass is 436 g/mol. The first-order valence-electron chi connectivity index (χ1n) is 11.7. The highest BCUT2D eigenvalue weighted by Crippen LogP contribution is 2.42. The van der Waals surface area contributed by atoms with Crippen molar-refractivity contribution in [1.29, 1.82) is 0 Å². The molecule has 0 bridgehead atoms. The summed E-state index contributed by atoms with van der Waals surface area (Å²) < 4.78 is 63.5. The fourth-order valence-corrected chi connectivity index (χ4v) is 5.44. The quantitative estimate of drug-likeness (QED) is 0.435. The predicted octanol–water partition coefficient (Wildman–Crippen LogP) is 7.47. The van der Waals surface area contributed by atoms with Crippen molar-refractivity contribution in [3.05, 3.63) is 58.2 Å². The Balaban J connectivity index is 1.32. The third kappa shape index (κ3) is 4.92. The number of allylic oxidation sites excluding steroid dienone is 4. The van der Waals surface area contributed by atoms with Crippen LogP contribution in [0.4, 0.5) is 17.6 Å². The summed E-state index contributed by atoms with van der Waals surface area (Å²) in [4.78, 5) is 0. The van der Waals surface area contributed by atoms with Gasteiger partial charge in [-0.15, -0.1) is 0 Å². The van der Waals surface area contributed by atoms with Crippen LogP contribution in [0.2, 0.25) is 0 Å². The molecule has 1 aromatic rings. The minimum atomic E-state index is -1.55. The van der Waals surface area contributed by atoms with E-state index >= 15 is 4.39 Å². The van der Waals surface area contributed by atoms with Crippen molar-refractivity contribution in [1.82, 2.24) is 0 Å². The van der Waals surface area contributed by atoms with Crippen LogP contribution in [-0.2, 0) is 11.3 Å². The lowest BCUT2D eigenvalue weighted by Gasteiger charge is -2.35. The first kappa shape index (κ1) is 22.6. The molecule has 4 rings (SSSR count). The molecule has 0 aliphatic heterocycles. The summed E-state index contributed by atoms with van der Waals surface area (Å²) >= 11 is 0. The van der Waals surface area contributed by atoms with Crippen molar-refractivity contribution in [2.45, 2.75) is 89.8 Å². The summed E-state index contributed by atoms with van der Waals surface area (Å²) in [6, 6.07) is 3.10. The zero-order chi connectivity index (χ0) is 22.0. The van der Waals surface area contributed by atoms with Gasteiger partial charge in [-0.1, -0.05) is 43.5 Å². The Kier molecular flexibility index (Phi) is 7.20. The van der Waals surface area contributed by atoms with Crippen LogP contribution in [0.15, 0.2) is 35.4 Å². The average Bonchev–Trinajstić information content (AvgIpc) is 2.80. The number of hydrogen-bond acceptors (Lipinski definition) is 1. The van der Waals surface area contributed by atoms with Crippen LogP contribution < -0.4 is 0 Å². The molecule has 0 spiro atoms. The largest absolute Gasteiger partial charge is 0.373 e. The molecule has 2 saturated carbocycles. The van der Waals surface area contributed by atoms with Gasteiger partial charge in [0.15, 0.2) is 24.0 Å². The van der Waals surface area contributed by atoms with Crippen molar-refractivity contribution in [3.63, 3.8) is 0 Å². The first-order chi connectivity index (χ1) is 15.0. The highest BCUT2D eigenvalue weighted by atomic mass is 19.2. The number of rotatable bonds is 5. The SMILES string of the molecule is Cc1ccc(COC2CCC(C3=CC=C(C4CCCCC4)C(F)C3F)CC2)c(F)c1F. The van der Waals surface area contributed by atoms with Gasteiger partial charge in [0.05, 0.1) is 12.7 Å².